The van der Waals surface area contributed by atoms with E-state index in [0.29, 0.717) is 17.7 Å². The van der Waals surface area contributed by atoms with Gasteiger partial charge in [0.05, 0.1) is 0 Å². The smallest absolute Gasteiger partial charge is 0.331 e. The average Bonchev–Trinajstić information content (AvgIpc) is 1.86. The fourth-order valence-electron chi connectivity index (χ4n) is 0.726. The summed E-state index contributed by atoms with van der Waals surface area (Å²) in [6.07, 6.45) is 2.60. The predicted molar refractivity (Wildman–Crippen MR) is 44.0 cm³/mol. The van der Waals surface area contributed by atoms with Gasteiger partial charge in [-0.3, -0.25) is 0 Å². The van der Waals surface area contributed by atoms with Crippen molar-refractivity contribution in [2.75, 3.05) is 0 Å². The van der Waals surface area contributed by atoms with Crippen LogP contribution in [-0.2, 0) is 4.79 Å². The molecule has 0 aromatic heterocycles. The van der Waals surface area contributed by atoms with Gasteiger partial charge in [0.1, 0.15) is 0 Å². The van der Waals surface area contributed by atoms with Gasteiger partial charge in [-0.25, -0.2) is 4.79 Å². The molecule has 62 valence electrons. The lowest BCUT2D eigenvalue weighted by Crippen LogP contribution is -2.05. The zero-order valence-electron chi connectivity index (χ0n) is 6.63. The second-order valence-electron chi connectivity index (χ2n) is 2.28. The summed E-state index contributed by atoms with van der Waals surface area (Å²) in [7, 11) is 0. The molecule has 0 fully saturated rings. The first-order valence-electron chi connectivity index (χ1n) is 3.43. The molecule has 0 saturated heterocycles. The molecule has 11 heavy (non-hydrogen) atoms. The highest BCUT2D eigenvalue weighted by atomic mass is 16.4. The summed E-state index contributed by atoms with van der Waals surface area (Å²) in [6.45, 7) is 5.31. The van der Waals surface area contributed by atoms with Crippen molar-refractivity contribution in [2.45, 2.75) is 19.8 Å². The SMILES string of the molecule is C=C(N)C/C(=C/CC)C(=O)O. The molecular weight excluding hydrogens is 142 g/mol. The van der Waals surface area contributed by atoms with E-state index in [9.17, 15) is 4.79 Å². The van der Waals surface area contributed by atoms with E-state index in [1.165, 1.54) is 0 Å². The molecule has 0 atom stereocenters. The van der Waals surface area contributed by atoms with Crippen LogP contribution in [-0.4, -0.2) is 11.1 Å². The fraction of sp³-hybridized carbons (Fsp3) is 0.375. The molecule has 0 unspecified atom stereocenters. The third kappa shape index (κ3) is 4.19. The van der Waals surface area contributed by atoms with E-state index in [1.54, 1.807) is 6.08 Å². The first-order valence-corrected chi connectivity index (χ1v) is 3.43. The van der Waals surface area contributed by atoms with Crippen molar-refractivity contribution >= 4 is 5.97 Å². The topological polar surface area (TPSA) is 63.3 Å². The third-order valence-electron chi connectivity index (χ3n) is 1.14. The fourth-order valence-corrected chi connectivity index (χ4v) is 0.726. The van der Waals surface area contributed by atoms with Gasteiger partial charge >= 0.3 is 5.97 Å². The summed E-state index contributed by atoms with van der Waals surface area (Å²) in [4.78, 5) is 10.5. The van der Waals surface area contributed by atoms with Gasteiger partial charge in [0, 0.05) is 17.7 Å². The molecule has 0 amide bonds. The Hall–Kier alpha value is -1.25. The van der Waals surface area contributed by atoms with Gasteiger partial charge in [0.25, 0.3) is 0 Å². The van der Waals surface area contributed by atoms with Crippen LogP contribution >= 0.6 is 0 Å². The average molecular weight is 155 g/mol. The lowest BCUT2D eigenvalue weighted by molar-refractivity contribution is -0.132. The third-order valence-corrected chi connectivity index (χ3v) is 1.14. The van der Waals surface area contributed by atoms with Crippen LogP contribution < -0.4 is 5.73 Å². The Kier molecular flexibility index (Phi) is 4.03. The minimum Gasteiger partial charge on any atom is -0.478 e. The summed E-state index contributed by atoms with van der Waals surface area (Å²) in [5.74, 6) is -0.918. The molecule has 0 heterocycles. The predicted octanol–water partition coefficient (Wildman–Crippen LogP) is 1.27. The molecule has 0 bridgehead atoms. The molecule has 0 rings (SSSR count). The largest absolute Gasteiger partial charge is 0.478 e. The Morgan fingerprint density at radius 3 is 2.55 bits per heavy atom. The number of nitrogens with two attached hydrogens (primary N) is 1. The van der Waals surface area contributed by atoms with Crippen LogP contribution in [0.25, 0.3) is 0 Å². The molecule has 0 aliphatic rings. The van der Waals surface area contributed by atoms with Crippen molar-refractivity contribution in [1.29, 1.82) is 0 Å². The standard InChI is InChI=1S/C8H13NO2/c1-3-4-7(8(10)11)5-6(2)9/h4H,2-3,5,9H2,1H3,(H,10,11)/b7-4-. The zero-order valence-corrected chi connectivity index (χ0v) is 6.63. The molecule has 0 aromatic carbocycles. The van der Waals surface area contributed by atoms with E-state index >= 15 is 0 Å². The summed E-state index contributed by atoms with van der Waals surface area (Å²) < 4.78 is 0. The van der Waals surface area contributed by atoms with Crippen molar-refractivity contribution < 1.29 is 9.90 Å². The maximum Gasteiger partial charge on any atom is 0.331 e. The number of carboxylic acid groups (broad SMARTS) is 1. The van der Waals surface area contributed by atoms with E-state index in [0.717, 1.165) is 0 Å². The number of carboxylic acids is 1. The molecule has 0 aromatic rings. The highest BCUT2D eigenvalue weighted by Gasteiger charge is 2.05. The number of hydrogen-bond acceptors (Lipinski definition) is 2. The van der Waals surface area contributed by atoms with E-state index in [-0.39, 0.29) is 6.42 Å². The second-order valence-corrected chi connectivity index (χ2v) is 2.28. The molecule has 0 saturated carbocycles. The summed E-state index contributed by atoms with van der Waals surface area (Å²) in [6, 6.07) is 0. The molecular formula is C8H13NO2. The van der Waals surface area contributed by atoms with Gasteiger partial charge in [-0.15, -0.1) is 0 Å². The van der Waals surface area contributed by atoms with Gasteiger partial charge in [-0.05, 0) is 6.42 Å². The first-order chi connectivity index (χ1) is 5.07. The highest BCUT2D eigenvalue weighted by molar-refractivity contribution is 5.86. The van der Waals surface area contributed by atoms with Crippen LogP contribution in [0.5, 0.6) is 0 Å². The van der Waals surface area contributed by atoms with Gasteiger partial charge < -0.3 is 10.8 Å². The Bertz CT molecular complexity index is 194. The number of aliphatic carboxylic acids is 1. The van der Waals surface area contributed by atoms with Crippen molar-refractivity contribution in [3.63, 3.8) is 0 Å². The first kappa shape index (κ1) is 9.75. The summed E-state index contributed by atoms with van der Waals surface area (Å²) in [5, 5.41) is 8.59. The molecule has 0 aliphatic carbocycles. The molecule has 3 heteroatoms. The van der Waals surface area contributed by atoms with E-state index in [4.69, 9.17) is 10.8 Å². The zero-order chi connectivity index (χ0) is 8.85. The van der Waals surface area contributed by atoms with Crippen molar-refractivity contribution in [2.24, 2.45) is 5.73 Å². The second kappa shape index (κ2) is 4.55. The maximum atomic E-state index is 10.5. The number of allylic oxidation sites excluding steroid dienone is 2. The van der Waals surface area contributed by atoms with Gasteiger partial charge in [-0.2, -0.15) is 0 Å². The Morgan fingerprint density at radius 2 is 2.27 bits per heavy atom. The normalized spacial score (nSPS) is 11.2. The highest BCUT2D eigenvalue weighted by Crippen LogP contribution is 2.06. The lowest BCUT2D eigenvalue weighted by Gasteiger charge is -1.99. The van der Waals surface area contributed by atoms with Crippen molar-refractivity contribution in [3.05, 3.63) is 23.9 Å². The van der Waals surface area contributed by atoms with Gasteiger partial charge in [0.15, 0.2) is 0 Å². The van der Waals surface area contributed by atoms with Gasteiger partial charge in [-0.1, -0.05) is 19.6 Å². The van der Waals surface area contributed by atoms with Crippen molar-refractivity contribution in [3.8, 4) is 0 Å². The van der Waals surface area contributed by atoms with E-state index in [2.05, 4.69) is 6.58 Å². The van der Waals surface area contributed by atoms with Crippen LogP contribution in [0.4, 0.5) is 0 Å². The van der Waals surface area contributed by atoms with Crippen LogP contribution in [0, 0.1) is 0 Å². The minimum atomic E-state index is -0.918. The van der Waals surface area contributed by atoms with E-state index in [1.807, 2.05) is 6.92 Å². The van der Waals surface area contributed by atoms with Crippen LogP contribution in [0.15, 0.2) is 23.9 Å². The minimum absolute atomic E-state index is 0.253. The van der Waals surface area contributed by atoms with Crippen LogP contribution in [0.3, 0.4) is 0 Å². The summed E-state index contributed by atoms with van der Waals surface area (Å²) in [5.41, 5.74) is 5.96. The maximum absolute atomic E-state index is 10.5. The monoisotopic (exact) mass is 155 g/mol. The van der Waals surface area contributed by atoms with Crippen LogP contribution in [0.2, 0.25) is 0 Å². The number of hydrogen-bond donors (Lipinski definition) is 2. The quantitative estimate of drug-likeness (QED) is 0.601. The molecule has 0 radical (unpaired) electrons. The Labute approximate surface area is 66.2 Å². The molecule has 3 N–H and O–H groups in total. The molecule has 0 spiro atoms. The molecule has 0 aliphatic heterocycles. The molecule has 3 nitrogen and oxygen atoms in total. The van der Waals surface area contributed by atoms with Gasteiger partial charge in [0.2, 0.25) is 0 Å². The Balaban J connectivity index is 4.23. The number of carbonyl (C=O) groups is 1. The summed E-state index contributed by atoms with van der Waals surface area (Å²) >= 11 is 0. The van der Waals surface area contributed by atoms with Crippen LogP contribution in [0.1, 0.15) is 19.8 Å². The van der Waals surface area contributed by atoms with E-state index < -0.39 is 5.97 Å². The number of rotatable bonds is 4. The van der Waals surface area contributed by atoms with Crippen molar-refractivity contribution in [1.82, 2.24) is 0 Å². The Morgan fingerprint density at radius 1 is 1.73 bits per heavy atom. The lowest BCUT2D eigenvalue weighted by atomic mass is 10.1.